The van der Waals surface area contributed by atoms with Gasteiger partial charge in [0.15, 0.2) is 0 Å². The number of nitrogens with zero attached hydrogens (tertiary/aromatic N) is 3. The zero-order chi connectivity index (χ0) is 19.5. The van der Waals surface area contributed by atoms with Gasteiger partial charge in [0.2, 0.25) is 0 Å². The van der Waals surface area contributed by atoms with E-state index in [2.05, 4.69) is 0 Å². The first-order chi connectivity index (χ1) is 13.6. The van der Waals surface area contributed by atoms with Gasteiger partial charge in [0.1, 0.15) is 0 Å². The number of amides is 1. The summed E-state index contributed by atoms with van der Waals surface area (Å²) in [6.45, 7) is 1.58. The van der Waals surface area contributed by atoms with Gasteiger partial charge in [-0.25, -0.2) is 13.8 Å². The molecule has 3 aromatic rings. The third-order valence-electron chi connectivity index (χ3n) is 5.07. The Morgan fingerprint density at radius 2 is 1.64 bits per heavy atom. The van der Waals surface area contributed by atoms with E-state index in [4.69, 9.17) is 4.98 Å². The molecule has 0 N–H and O–H groups in total. The molecule has 1 aromatic heterocycles. The van der Waals surface area contributed by atoms with Crippen LogP contribution in [0.1, 0.15) is 10.4 Å². The lowest BCUT2D eigenvalue weighted by Crippen LogP contribution is -2.49. The topological polar surface area (TPSA) is 36.4 Å². The smallest absolute Gasteiger partial charge is 0.254 e. The minimum atomic E-state index is -2.35. The van der Waals surface area contributed by atoms with Crippen LogP contribution in [0.15, 0.2) is 60.7 Å². The Labute approximate surface area is 162 Å². The molecule has 4 rings (SSSR count). The molecule has 2 aromatic carbocycles. The molecule has 0 atom stereocenters. The van der Waals surface area contributed by atoms with E-state index in [1.165, 1.54) is 0 Å². The molecule has 0 bridgehead atoms. The third kappa shape index (κ3) is 3.87. The molecule has 6 heteroatoms. The highest BCUT2D eigenvalue weighted by Gasteiger charge is 2.25. The first-order valence-corrected chi connectivity index (χ1v) is 9.37. The standard InChI is InChI=1S/C22H21F2N3O/c23-21(24)15-26-10-12-27(13-11-26)22(28)18-14-20(16-6-2-1-3-7-16)25-19-9-5-4-8-17(18)19/h1-9,14,21H,10-13,15H2. The van der Waals surface area contributed by atoms with Crippen molar-refractivity contribution >= 4 is 16.8 Å². The number of fused-ring (bicyclic) bond motifs is 1. The number of piperazine rings is 1. The van der Waals surface area contributed by atoms with Crippen molar-refractivity contribution in [1.82, 2.24) is 14.8 Å². The largest absolute Gasteiger partial charge is 0.336 e. The van der Waals surface area contributed by atoms with E-state index in [0.29, 0.717) is 31.7 Å². The second-order valence-corrected chi connectivity index (χ2v) is 6.92. The van der Waals surface area contributed by atoms with Gasteiger partial charge in [-0.2, -0.15) is 0 Å². The highest BCUT2D eigenvalue weighted by Crippen LogP contribution is 2.26. The molecule has 4 nitrogen and oxygen atoms in total. The second kappa shape index (κ2) is 8.02. The third-order valence-corrected chi connectivity index (χ3v) is 5.07. The first kappa shape index (κ1) is 18.5. The number of alkyl halides is 2. The molecule has 0 saturated carbocycles. The van der Waals surface area contributed by atoms with Crippen molar-refractivity contribution in [1.29, 1.82) is 0 Å². The van der Waals surface area contributed by atoms with Gasteiger partial charge in [-0.15, -0.1) is 0 Å². The van der Waals surface area contributed by atoms with Crippen LogP contribution in [-0.2, 0) is 0 Å². The zero-order valence-electron chi connectivity index (χ0n) is 15.4. The molecule has 28 heavy (non-hydrogen) atoms. The minimum Gasteiger partial charge on any atom is -0.336 e. The molecular weight excluding hydrogens is 360 g/mol. The number of rotatable bonds is 4. The summed E-state index contributed by atoms with van der Waals surface area (Å²) >= 11 is 0. The fraction of sp³-hybridized carbons (Fsp3) is 0.273. The Bertz CT molecular complexity index is 970. The van der Waals surface area contributed by atoms with Crippen molar-refractivity contribution in [3.63, 3.8) is 0 Å². The van der Waals surface area contributed by atoms with Gasteiger partial charge in [-0.05, 0) is 12.1 Å². The van der Waals surface area contributed by atoms with Gasteiger partial charge in [-0.1, -0.05) is 48.5 Å². The number of hydrogen-bond donors (Lipinski definition) is 0. The van der Waals surface area contributed by atoms with Crippen LogP contribution in [0.5, 0.6) is 0 Å². The van der Waals surface area contributed by atoms with E-state index in [9.17, 15) is 13.6 Å². The Morgan fingerprint density at radius 1 is 0.964 bits per heavy atom. The van der Waals surface area contributed by atoms with E-state index in [1.54, 1.807) is 9.80 Å². The molecular formula is C22H21F2N3O. The predicted octanol–water partition coefficient (Wildman–Crippen LogP) is 3.92. The van der Waals surface area contributed by atoms with Crippen LogP contribution < -0.4 is 0 Å². The summed E-state index contributed by atoms with van der Waals surface area (Å²) < 4.78 is 25.2. The van der Waals surface area contributed by atoms with Crippen LogP contribution >= 0.6 is 0 Å². The van der Waals surface area contributed by atoms with Crippen LogP contribution in [-0.4, -0.2) is 59.8 Å². The highest BCUT2D eigenvalue weighted by molar-refractivity contribution is 6.07. The summed E-state index contributed by atoms with van der Waals surface area (Å²) in [4.78, 5) is 21.4. The lowest BCUT2D eigenvalue weighted by molar-refractivity contribution is 0.0460. The Morgan fingerprint density at radius 3 is 2.36 bits per heavy atom. The lowest BCUT2D eigenvalue weighted by Gasteiger charge is -2.34. The van der Waals surface area contributed by atoms with Crippen molar-refractivity contribution in [3.05, 3.63) is 66.2 Å². The zero-order valence-corrected chi connectivity index (χ0v) is 15.4. The lowest BCUT2D eigenvalue weighted by atomic mass is 10.0. The molecule has 0 aliphatic carbocycles. The van der Waals surface area contributed by atoms with Crippen molar-refractivity contribution < 1.29 is 13.6 Å². The van der Waals surface area contributed by atoms with Crippen molar-refractivity contribution in [2.75, 3.05) is 32.7 Å². The Hall–Kier alpha value is -2.86. The molecule has 1 aliphatic heterocycles. The van der Waals surface area contributed by atoms with Gasteiger partial charge in [0.05, 0.1) is 23.3 Å². The number of pyridine rings is 1. The SMILES string of the molecule is O=C(c1cc(-c2ccccc2)nc2ccccc12)N1CCN(CC(F)F)CC1. The molecule has 144 valence electrons. The number of halogens is 2. The molecule has 0 unspecified atom stereocenters. The number of aromatic nitrogens is 1. The van der Waals surface area contributed by atoms with E-state index in [-0.39, 0.29) is 12.5 Å². The monoisotopic (exact) mass is 381 g/mol. The van der Waals surface area contributed by atoms with Crippen LogP contribution in [0.2, 0.25) is 0 Å². The molecule has 1 amide bonds. The predicted molar refractivity (Wildman–Crippen MR) is 106 cm³/mol. The van der Waals surface area contributed by atoms with E-state index >= 15 is 0 Å². The minimum absolute atomic E-state index is 0.0764. The van der Waals surface area contributed by atoms with Crippen LogP contribution in [0.3, 0.4) is 0 Å². The molecule has 0 spiro atoms. The van der Waals surface area contributed by atoms with Gasteiger partial charge < -0.3 is 4.90 Å². The number of para-hydroxylation sites is 1. The van der Waals surface area contributed by atoms with Crippen molar-refractivity contribution in [2.45, 2.75) is 6.43 Å². The van der Waals surface area contributed by atoms with Crippen LogP contribution in [0.25, 0.3) is 22.2 Å². The number of carbonyl (C=O) groups is 1. The summed E-state index contributed by atoms with van der Waals surface area (Å²) in [6.07, 6.45) is -2.35. The first-order valence-electron chi connectivity index (χ1n) is 9.37. The van der Waals surface area contributed by atoms with Gasteiger partial charge >= 0.3 is 0 Å². The van der Waals surface area contributed by atoms with Crippen molar-refractivity contribution in [2.24, 2.45) is 0 Å². The van der Waals surface area contributed by atoms with Crippen LogP contribution in [0, 0.1) is 0 Å². The summed E-state index contributed by atoms with van der Waals surface area (Å²) in [5, 5.41) is 0.808. The van der Waals surface area contributed by atoms with E-state index in [1.807, 2.05) is 60.7 Å². The average Bonchev–Trinajstić information content (AvgIpc) is 2.73. The van der Waals surface area contributed by atoms with Gasteiger partial charge in [0, 0.05) is 37.1 Å². The molecule has 1 aliphatic rings. The molecule has 1 fully saturated rings. The summed E-state index contributed by atoms with van der Waals surface area (Å²) in [6, 6.07) is 19.2. The maximum absolute atomic E-state index is 13.3. The Balaban J connectivity index is 1.65. The number of hydrogen-bond acceptors (Lipinski definition) is 3. The van der Waals surface area contributed by atoms with E-state index < -0.39 is 6.43 Å². The summed E-state index contributed by atoms with van der Waals surface area (Å²) in [5.41, 5.74) is 3.07. The van der Waals surface area contributed by atoms with E-state index in [0.717, 1.165) is 22.2 Å². The molecule has 1 saturated heterocycles. The maximum Gasteiger partial charge on any atom is 0.254 e. The maximum atomic E-state index is 13.3. The Kier molecular flexibility index (Phi) is 5.30. The molecule has 0 radical (unpaired) electrons. The summed E-state index contributed by atoms with van der Waals surface area (Å²) in [5.74, 6) is -0.0764. The molecule has 2 heterocycles. The fourth-order valence-electron chi connectivity index (χ4n) is 3.61. The summed E-state index contributed by atoms with van der Waals surface area (Å²) in [7, 11) is 0. The number of carbonyl (C=O) groups excluding carboxylic acids is 1. The average molecular weight is 381 g/mol. The van der Waals surface area contributed by atoms with Crippen LogP contribution in [0.4, 0.5) is 8.78 Å². The quantitative estimate of drug-likeness (QED) is 0.687. The van der Waals surface area contributed by atoms with Gasteiger partial charge in [0.25, 0.3) is 12.3 Å². The normalized spacial score (nSPS) is 15.3. The van der Waals surface area contributed by atoms with Gasteiger partial charge in [-0.3, -0.25) is 9.69 Å². The second-order valence-electron chi connectivity index (χ2n) is 6.92. The number of benzene rings is 2. The highest BCUT2D eigenvalue weighted by atomic mass is 19.3. The fourth-order valence-corrected chi connectivity index (χ4v) is 3.61. The van der Waals surface area contributed by atoms with Crippen molar-refractivity contribution in [3.8, 4) is 11.3 Å².